The van der Waals surface area contributed by atoms with E-state index in [4.69, 9.17) is 4.74 Å². The Labute approximate surface area is 465 Å². The summed E-state index contributed by atoms with van der Waals surface area (Å²) in [5.41, 5.74) is 15.9. The second kappa shape index (κ2) is 22.9. The molecular formula is C72H53BrN4O. The summed E-state index contributed by atoms with van der Waals surface area (Å²) >= 11 is 3.83. The molecular weight excluding hydrogens is 1020 g/mol. The normalized spacial score (nSPS) is 10.9. The molecule has 0 fully saturated rings. The summed E-state index contributed by atoms with van der Waals surface area (Å²) in [4.78, 5) is 9.45. The van der Waals surface area contributed by atoms with Crippen LogP contribution in [0.4, 0.5) is 68.2 Å². The van der Waals surface area contributed by atoms with Crippen LogP contribution in [-0.4, -0.2) is 0 Å². The van der Waals surface area contributed by atoms with Crippen molar-refractivity contribution >= 4 is 84.2 Å². The van der Waals surface area contributed by atoms with Crippen LogP contribution in [0.15, 0.2) is 326 Å². The van der Waals surface area contributed by atoms with E-state index in [2.05, 4.69) is 327 Å². The van der Waals surface area contributed by atoms with E-state index in [1.54, 1.807) is 0 Å². The molecule has 374 valence electrons. The zero-order valence-electron chi connectivity index (χ0n) is 42.7. The molecule has 6 heteroatoms. The van der Waals surface area contributed by atoms with Crippen molar-refractivity contribution in [1.82, 2.24) is 0 Å². The first-order chi connectivity index (χ1) is 38.6. The van der Waals surface area contributed by atoms with Crippen molar-refractivity contribution in [3.05, 3.63) is 326 Å². The molecule has 0 aliphatic carbocycles. The molecule has 12 aromatic carbocycles. The maximum atomic E-state index is 7.03. The zero-order chi connectivity index (χ0) is 52.5. The lowest BCUT2D eigenvalue weighted by Gasteiger charge is -2.35. The number of anilines is 12. The van der Waals surface area contributed by atoms with Crippen LogP contribution in [0.3, 0.4) is 0 Å². The standard InChI is InChI=1S/C72H53BrN4O/c73-56-31-25-42-62(47-56)76(61-40-21-7-22-41-61)66-51-67(53-69(52-66)78-68-43-23-8-24-44-68)77(72-70(54-27-9-1-10-28-54)45-26-46-71(72)55-29-11-2-12-30-55)65-49-63(74(57-32-13-3-14-33-57)58-34-15-4-16-35-58)48-64(50-65)75(59-36-17-5-18-37-59)60-38-19-6-20-39-60/h1-53H. The van der Waals surface area contributed by atoms with Crippen molar-refractivity contribution in [2.75, 3.05) is 19.6 Å². The van der Waals surface area contributed by atoms with Gasteiger partial charge in [0.2, 0.25) is 0 Å². The Bertz CT molecular complexity index is 3650. The molecule has 0 unspecified atom stereocenters. The molecule has 0 bridgehead atoms. The highest BCUT2D eigenvalue weighted by Gasteiger charge is 2.28. The van der Waals surface area contributed by atoms with Crippen LogP contribution in [0.1, 0.15) is 0 Å². The third-order valence-electron chi connectivity index (χ3n) is 13.6. The van der Waals surface area contributed by atoms with Crippen molar-refractivity contribution in [1.29, 1.82) is 0 Å². The molecule has 0 aliphatic rings. The predicted molar refractivity (Wildman–Crippen MR) is 330 cm³/mol. The van der Waals surface area contributed by atoms with Crippen molar-refractivity contribution in [2.45, 2.75) is 0 Å². The van der Waals surface area contributed by atoms with Gasteiger partial charge in [0, 0.05) is 61.9 Å². The summed E-state index contributed by atoms with van der Waals surface area (Å²) in [5, 5.41) is 0. The van der Waals surface area contributed by atoms with E-state index in [-0.39, 0.29) is 0 Å². The highest BCUT2D eigenvalue weighted by Crippen LogP contribution is 2.52. The second-order valence-electron chi connectivity index (χ2n) is 18.7. The molecule has 0 spiro atoms. The van der Waals surface area contributed by atoms with Crippen molar-refractivity contribution < 1.29 is 4.74 Å². The molecule has 12 aromatic rings. The van der Waals surface area contributed by atoms with Gasteiger partial charge in [-0.3, -0.25) is 0 Å². The Morgan fingerprint density at radius 3 is 0.897 bits per heavy atom. The summed E-state index contributed by atoms with van der Waals surface area (Å²) in [6.45, 7) is 0. The van der Waals surface area contributed by atoms with Gasteiger partial charge < -0.3 is 24.3 Å². The Kier molecular flexibility index (Phi) is 14.4. The molecule has 0 atom stereocenters. The van der Waals surface area contributed by atoms with E-state index in [9.17, 15) is 0 Å². The van der Waals surface area contributed by atoms with Gasteiger partial charge >= 0.3 is 0 Å². The molecule has 12 rings (SSSR count). The van der Waals surface area contributed by atoms with Gasteiger partial charge in [0.1, 0.15) is 11.5 Å². The van der Waals surface area contributed by atoms with Crippen molar-refractivity contribution in [3.8, 4) is 33.8 Å². The first-order valence-electron chi connectivity index (χ1n) is 26.1. The number of halogens is 1. The molecule has 0 heterocycles. The van der Waals surface area contributed by atoms with Gasteiger partial charge in [-0.25, -0.2) is 0 Å². The maximum absolute atomic E-state index is 7.03. The largest absolute Gasteiger partial charge is 0.457 e. The summed E-state index contributed by atoms with van der Waals surface area (Å²) in [5.74, 6) is 1.39. The molecule has 0 radical (unpaired) electrons. The average molecular weight is 1070 g/mol. The number of benzene rings is 12. The predicted octanol–water partition coefficient (Wildman–Crippen LogP) is 21.5. The summed E-state index contributed by atoms with van der Waals surface area (Å²) in [6.07, 6.45) is 0. The number of nitrogens with zero attached hydrogens (tertiary/aromatic N) is 4. The van der Waals surface area contributed by atoms with Crippen LogP contribution in [0.2, 0.25) is 0 Å². The molecule has 0 saturated carbocycles. The van der Waals surface area contributed by atoms with E-state index in [0.29, 0.717) is 5.75 Å². The number of ether oxygens (including phenoxy) is 1. The van der Waals surface area contributed by atoms with E-state index in [1.165, 1.54) is 0 Å². The van der Waals surface area contributed by atoms with Crippen LogP contribution in [0.25, 0.3) is 22.3 Å². The Balaban J connectivity index is 1.23. The first-order valence-corrected chi connectivity index (χ1v) is 26.9. The van der Waals surface area contributed by atoms with Crippen LogP contribution < -0.4 is 24.3 Å². The van der Waals surface area contributed by atoms with E-state index in [0.717, 1.165) is 101 Å². The molecule has 0 saturated heterocycles. The quantitative estimate of drug-likeness (QED) is 0.0959. The topological polar surface area (TPSA) is 22.2 Å². The van der Waals surface area contributed by atoms with Gasteiger partial charge in [0.25, 0.3) is 0 Å². The van der Waals surface area contributed by atoms with Gasteiger partial charge in [0.05, 0.1) is 34.1 Å². The van der Waals surface area contributed by atoms with Crippen LogP contribution in [-0.2, 0) is 0 Å². The fourth-order valence-electron chi connectivity index (χ4n) is 10.2. The van der Waals surface area contributed by atoms with E-state index in [1.807, 2.05) is 30.3 Å². The minimum Gasteiger partial charge on any atom is -0.457 e. The first kappa shape index (κ1) is 49.0. The SMILES string of the molecule is Brc1cccc(N(c2ccccc2)c2cc(Oc3ccccc3)cc(N(c3cc(N(c4ccccc4)c4ccccc4)cc(N(c4ccccc4)c4ccccc4)c3)c3c(-c4ccccc4)cccc3-c3ccccc3)c2)c1. The van der Waals surface area contributed by atoms with Gasteiger partial charge in [0.15, 0.2) is 0 Å². The Morgan fingerprint density at radius 2 is 0.513 bits per heavy atom. The Morgan fingerprint density at radius 1 is 0.218 bits per heavy atom. The molecule has 5 nitrogen and oxygen atoms in total. The smallest absolute Gasteiger partial charge is 0.131 e. The highest BCUT2D eigenvalue weighted by atomic mass is 79.9. The highest BCUT2D eigenvalue weighted by molar-refractivity contribution is 9.10. The molecule has 0 N–H and O–H groups in total. The summed E-state index contributed by atoms with van der Waals surface area (Å²) < 4.78 is 8.00. The zero-order valence-corrected chi connectivity index (χ0v) is 44.3. The lowest BCUT2D eigenvalue weighted by atomic mass is 9.94. The number of hydrogen-bond donors (Lipinski definition) is 0. The van der Waals surface area contributed by atoms with Crippen LogP contribution in [0.5, 0.6) is 11.5 Å². The Hall–Kier alpha value is -9.88. The molecule has 0 aliphatic heterocycles. The minimum atomic E-state index is 0.662. The van der Waals surface area contributed by atoms with Crippen LogP contribution in [0, 0.1) is 0 Å². The van der Waals surface area contributed by atoms with Crippen molar-refractivity contribution in [2.24, 2.45) is 0 Å². The monoisotopic (exact) mass is 1070 g/mol. The molecule has 78 heavy (non-hydrogen) atoms. The fourth-order valence-corrected chi connectivity index (χ4v) is 10.6. The lowest BCUT2D eigenvalue weighted by molar-refractivity contribution is 0.483. The number of rotatable bonds is 16. The van der Waals surface area contributed by atoms with Crippen molar-refractivity contribution in [3.63, 3.8) is 0 Å². The van der Waals surface area contributed by atoms with Gasteiger partial charge in [-0.15, -0.1) is 0 Å². The number of para-hydroxylation sites is 7. The van der Waals surface area contributed by atoms with Crippen LogP contribution >= 0.6 is 15.9 Å². The molecule has 0 amide bonds. The molecule has 0 aromatic heterocycles. The van der Waals surface area contributed by atoms with Gasteiger partial charge in [-0.1, -0.05) is 210 Å². The van der Waals surface area contributed by atoms with E-state index < -0.39 is 0 Å². The fraction of sp³-hybridized carbons (Fsp3) is 0. The summed E-state index contributed by atoms with van der Waals surface area (Å²) in [6, 6.07) is 113. The van der Waals surface area contributed by atoms with Gasteiger partial charge in [-0.2, -0.15) is 0 Å². The van der Waals surface area contributed by atoms with Gasteiger partial charge in [-0.05, 0) is 126 Å². The maximum Gasteiger partial charge on any atom is 0.131 e. The summed E-state index contributed by atoms with van der Waals surface area (Å²) in [7, 11) is 0. The minimum absolute atomic E-state index is 0.662. The number of hydrogen-bond acceptors (Lipinski definition) is 5. The second-order valence-corrected chi connectivity index (χ2v) is 19.7. The van der Waals surface area contributed by atoms with E-state index >= 15 is 0 Å². The third-order valence-corrected chi connectivity index (χ3v) is 14.1. The lowest BCUT2D eigenvalue weighted by Crippen LogP contribution is -2.18. The third kappa shape index (κ3) is 10.7. The average Bonchev–Trinajstić information content (AvgIpc) is 3.66.